The van der Waals surface area contributed by atoms with E-state index in [2.05, 4.69) is 30.1 Å². The number of hydrogen-bond acceptors (Lipinski definition) is 2. The molecule has 0 aliphatic heterocycles. The van der Waals surface area contributed by atoms with Gasteiger partial charge >= 0.3 is 0 Å². The summed E-state index contributed by atoms with van der Waals surface area (Å²) < 4.78 is 0. The molecular weight excluding hydrogens is 234 g/mol. The molecule has 3 aromatic rings. The van der Waals surface area contributed by atoms with Crippen molar-refractivity contribution in [1.29, 1.82) is 0 Å². The zero-order chi connectivity index (χ0) is 13.2. The van der Waals surface area contributed by atoms with Gasteiger partial charge in [-0.05, 0) is 30.2 Å². The molecule has 1 heterocycles. The lowest BCUT2D eigenvalue weighted by Gasteiger charge is -2.09. The third-order valence-corrected chi connectivity index (χ3v) is 3.30. The van der Waals surface area contributed by atoms with Crippen LogP contribution in [0.25, 0.3) is 22.0 Å². The molecule has 0 saturated carbocycles. The Hall–Kier alpha value is -2.35. The van der Waals surface area contributed by atoms with E-state index in [-0.39, 0.29) is 5.75 Å². The van der Waals surface area contributed by atoms with Gasteiger partial charge in [-0.15, -0.1) is 0 Å². The fraction of sp³-hybridized carbons (Fsp3) is 0.118. The lowest BCUT2D eigenvalue weighted by atomic mass is 10.0. The number of hydrogen-bond donors (Lipinski definition) is 1. The number of nitrogens with zero attached hydrogens (tertiary/aromatic N) is 1. The van der Waals surface area contributed by atoms with Crippen LogP contribution in [0.5, 0.6) is 5.75 Å². The SMILES string of the molecule is CCc1nc2cc(O)ccc2cc1-c1ccccc1. The number of aromatic nitrogens is 1. The number of aromatic hydroxyl groups is 1. The van der Waals surface area contributed by atoms with Crippen LogP contribution in [0.2, 0.25) is 0 Å². The molecule has 0 aliphatic carbocycles. The zero-order valence-electron chi connectivity index (χ0n) is 10.8. The lowest BCUT2D eigenvalue weighted by molar-refractivity contribution is 0.476. The Balaban J connectivity index is 2.27. The third-order valence-electron chi connectivity index (χ3n) is 3.30. The van der Waals surface area contributed by atoms with Crippen molar-refractivity contribution in [2.24, 2.45) is 0 Å². The summed E-state index contributed by atoms with van der Waals surface area (Å²) in [6.07, 6.45) is 0.871. The number of rotatable bonds is 2. The Morgan fingerprint density at radius 3 is 2.53 bits per heavy atom. The highest BCUT2D eigenvalue weighted by molar-refractivity contribution is 5.85. The van der Waals surface area contributed by atoms with Crippen molar-refractivity contribution in [2.75, 3.05) is 0 Å². The molecule has 0 saturated heterocycles. The van der Waals surface area contributed by atoms with Crippen LogP contribution in [0.3, 0.4) is 0 Å². The Morgan fingerprint density at radius 2 is 1.79 bits per heavy atom. The van der Waals surface area contributed by atoms with Gasteiger partial charge in [-0.1, -0.05) is 37.3 Å². The van der Waals surface area contributed by atoms with Crippen molar-refractivity contribution in [3.63, 3.8) is 0 Å². The average Bonchev–Trinajstić information content (AvgIpc) is 2.46. The van der Waals surface area contributed by atoms with Gasteiger partial charge in [-0.2, -0.15) is 0 Å². The number of phenolic OH excluding ortho intramolecular Hbond substituents is 1. The van der Waals surface area contributed by atoms with Gasteiger partial charge in [-0.3, -0.25) is 4.98 Å². The molecule has 1 aromatic heterocycles. The Bertz CT molecular complexity index is 720. The van der Waals surface area contributed by atoms with Gasteiger partial charge < -0.3 is 5.11 Å². The average molecular weight is 249 g/mol. The predicted molar refractivity (Wildman–Crippen MR) is 78.2 cm³/mol. The van der Waals surface area contributed by atoms with Crippen molar-refractivity contribution in [3.8, 4) is 16.9 Å². The van der Waals surface area contributed by atoms with E-state index in [1.165, 1.54) is 11.1 Å². The second kappa shape index (κ2) is 4.73. The minimum atomic E-state index is 0.259. The molecule has 0 spiro atoms. The molecule has 0 fully saturated rings. The van der Waals surface area contributed by atoms with Crippen molar-refractivity contribution < 1.29 is 5.11 Å². The van der Waals surface area contributed by atoms with Gasteiger partial charge in [0, 0.05) is 22.7 Å². The first kappa shape index (κ1) is 11.7. The van der Waals surface area contributed by atoms with E-state index >= 15 is 0 Å². The van der Waals surface area contributed by atoms with Crippen LogP contribution in [0, 0.1) is 0 Å². The fourth-order valence-electron chi connectivity index (χ4n) is 2.33. The molecule has 0 radical (unpaired) electrons. The molecule has 0 amide bonds. The van der Waals surface area contributed by atoms with E-state index in [1.807, 2.05) is 24.3 Å². The molecule has 2 nitrogen and oxygen atoms in total. The molecule has 0 aliphatic rings. The van der Waals surface area contributed by atoms with E-state index in [4.69, 9.17) is 0 Å². The summed E-state index contributed by atoms with van der Waals surface area (Å²) in [5.74, 6) is 0.259. The highest BCUT2D eigenvalue weighted by atomic mass is 16.3. The van der Waals surface area contributed by atoms with Crippen LogP contribution in [-0.2, 0) is 6.42 Å². The van der Waals surface area contributed by atoms with E-state index in [1.54, 1.807) is 12.1 Å². The molecular formula is C17H15NO. The van der Waals surface area contributed by atoms with Crippen LogP contribution in [0.4, 0.5) is 0 Å². The standard InChI is InChI=1S/C17H15NO/c1-2-16-15(12-6-4-3-5-7-12)10-13-8-9-14(19)11-17(13)18-16/h3-11,19H,2H2,1H3. The maximum absolute atomic E-state index is 9.54. The maximum atomic E-state index is 9.54. The summed E-state index contributed by atoms with van der Waals surface area (Å²) in [6.45, 7) is 2.10. The first-order valence-corrected chi connectivity index (χ1v) is 6.46. The van der Waals surface area contributed by atoms with Gasteiger partial charge in [0.15, 0.2) is 0 Å². The minimum absolute atomic E-state index is 0.259. The molecule has 1 N–H and O–H groups in total. The highest BCUT2D eigenvalue weighted by Crippen LogP contribution is 2.28. The Kier molecular flexibility index (Phi) is 2.92. The zero-order valence-corrected chi connectivity index (χ0v) is 10.8. The summed E-state index contributed by atoms with van der Waals surface area (Å²) in [7, 11) is 0. The summed E-state index contributed by atoms with van der Waals surface area (Å²) in [5, 5.41) is 10.6. The first-order valence-electron chi connectivity index (χ1n) is 6.46. The van der Waals surface area contributed by atoms with Crippen molar-refractivity contribution in [2.45, 2.75) is 13.3 Å². The van der Waals surface area contributed by atoms with Gasteiger partial charge in [0.05, 0.1) is 5.52 Å². The highest BCUT2D eigenvalue weighted by Gasteiger charge is 2.07. The Morgan fingerprint density at radius 1 is 1.00 bits per heavy atom. The van der Waals surface area contributed by atoms with Crippen LogP contribution >= 0.6 is 0 Å². The topological polar surface area (TPSA) is 33.1 Å². The maximum Gasteiger partial charge on any atom is 0.117 e. The van der Waals surface area contributed by atoms with Crippen LogP contribution in [-0.4, -0.2) is 10.1 Å². The van der Waals surface area contributed by atoms with Crippen molar-refractivity contribution >= 4 is 10.9 Å². The summed E-state index contributed by atoms with van der Waals surface area (Å²) in [6, 6.07) is 17.8. The van der Waals surface area contributed by atoms with E-state index in [0.29, 0.717) is 0 Å². The van der Waals surface area contributed by atoms with Gasteiger partial charge in [0.25, 0.3) is 0 Å². The van der Waals surface area contributed by atoms with Gasteiger partial charge in [-0.25, -0.2) is 0 Å². The van der Waals surface area contributed by atoms with Crippen molar-refractivity contribution in [3.05, 3.63) is 60.3 Å². The molecule has 19 heavy (non-hydrogen) atoms. The number of phenols is 1. The number of fused-ring (bicyclic) bond motifs is 1. The summed E-state index contributed by atoms with van der Waals surface area (Å²) in [4.78, 5) is 4.67. The quantitative estimate of drug-likeness (QED) is 0.739. The Labute approximate surface area is 112 Å². The summed E-state index contributed by atoms with van der Waals surface area (Å²) in [5.41, 5.74) is 4.25. The normalized spacial score (nSPS) is 10.8. The molecule has 2 heteroatoms. The molecule has 2 aromatic carbocycles. The molecule has 0 unspecified atom stereocenters. The first-order chi connectivity index (χ1) is 9.28. The molecule has 3 rings (SSSR count). The lowest BCUT2D eigenvalue weighted by Crippen LogP contribution is -1.93. The van der Waals surface area contributed by atoms with E-state index < -0.39 is 0 Å². The third kappa shape index (κ3) is 2.17. The number of benzene rings is 2. The molecule has 0 bridgehead atoms. The van der Waals surface area contributed by atoms with E-state index in [9.17, 15) is 5.11 Å². The predicted octanol–water partition coefficient (Wildman–Crippen LogP) is 4.17. The monoisotopic (exact) mass is 249 g/mol. The smallest absolute Gasteiger partial charge is 0.117 e. The van der Waals surface area contributed by atoms with Crippen LogP contribution in [0.1, 0.15) is 12.6 Å². The largest absolute Gasteiger partial charge is 0.508 e. The van der Waals surface area contributed by atoms with Crippen LogP contribution in [0.15, 0.2) is 54.6 Å². The second-order valence-electron chi connectivity index (χ2n) is 4.58. The van der Waals surface area contributed by atoms with Gasteiger partial charge in [0.2, 0.25) is 0 Å². The second-order valence-corrected chi connectivity index (χ2v) is 4.58. The molecule has 94 valence electrons. The van der Waals surface area contributed by atoms with Crippen LogP contribution < -0.4 is 0 Å². The molecule has 0 atom stereocenters. The number of aryl methyl sites for hydroxylation is 1. The van der Waals surface area contributed by atoms with Crippen molar-refractivity contribution in [1.82, 2.24) is 4.98 Å². The fourth-order valence-corrected chi connectivity index (χ4v) is 2.33. The minimum Gasteiger partial charge on any atom is -0.508 e. The summed E-state index contributed by atoms with van der Waals surface area (Å²) >= 11 is 0. The van der Waals surface area contributed by atoms with E-state index in [0.717, 1.165) is 23.0 Å². The van der Waals surface area contributed by atoms with Gasteiger partial charge in [0.1, 0.15) is 5.75 Å². The number of pyridine rings is 1.